The van der Waals surface area contributed by atoms with Gasteiger partial charge in [0.05, 0.1) is 0 Å². The third kappa shape index (κ3) is 2.43. The average Bonchev–Trinajstić information content (AvgIpc) is 3.35. The number of carbonyl (C=O) groups excluding carboxylic acids is 1. The summed E-state index contributed by atoms with van der Waals surface area (Å²) in [5.41, 5.74) is 8.65. The van der Waals surface area contributed by atoms with Gasteiger partial charge in [-0.1, -0.05) is 60.7 Å². The van der Waals surface area contributed by atoms with Crippen LogP contribution in [0.2, 0.25) is 0 Å². The molecule has 0 atom stereocenters. The van der Waals surface area contributed by atoms with E-state index in [1.165, 1.54) is 44.0 Å². The Morgan fingerprint density at radius 1 is 0.655 bits per heavy atom. The third-order valence-corrected chi connectivity index (χ3v) is 6.79. The molecule has 0 saturated heterocycles. The quantitative estimate of drug-likeness (QED) is 0.296. The molecular weight excluding hydrogens is 352 g/mol. The first-order valence-corrected chi connectivity index (χ1v) is 10.5. The van der Waals surface area contributed by atoms with Crippen LogP contribution in [0.1, 0.15) is 45.1 Å². The fourth-order valence-corrected chi connectivity index (χ4v) is 5.40. The number of aryl methyl sites for hydroxylation is 4. The van der Waals surface area contributed by atoms with Gasteiger partial charge in [0.15, 0.2) is 5.78 Å². The monoisotopic (exact) mass is 374 g/mol. The normalized spacial score (nSPS) is 14.9. The highest BCUT2D eigenvalue weighted by atomic mass is 16.1. The van der Waals surface area contributed by atoms with Crippen molar-refractivity contribution < 1.29 is 4.79 Å². The summed E-state index contributed by atoms with van der Waals surface area (Å²) < 4.78 is 0. The van der Waals surface area contributed by atoms with E-state index in [9.17, 15) is 4.79 Å². The van der Waals surface area contributed by atoms with Gasteiger partial charge in [-0.3, -0.25) is 4.79 Å². The molecule has 2 aliphatic carbocycles. The maximum Gasteiger partial charge on any atom is 0.186 e. The second-order valence-corrected chi connectivity index (χ2v) is 8.42. The van der Waals surface area contributed by atoms with Gasteiger partial charge in [-0.25, -0.2) is 0 Å². The second-order valence-electron chi connectivity index (χ2n) is 8.42. The highest BCUT2D eigenvalue weighted by Crippen LogP contribution is 2.36. The van der Waals surface area contributed by atoms with Crippen molar-refractivity contribution in [1.29, 1.82) is 0 Å². The van der Waals surface area contributed by atoms with Crippen molar-refractivity contribution in [3.05, 3.63) is 100 Å². The van der Waals surface area contributed by atoms with Crippen molar-refractivity contribution in [3.8, 4) is 0 Å². The molecule has 0 heterocycles. The van der Waals surface area contributed by atoms with E-state index in [1.807, 2.05) is 12.1 Å². The summed E-state index contributed by atoms with van der Waals surface area (Å²) in [6.45, 7) is 2.07. The molecule has 0 aliphatic heterocycles. The molecule has 4 aromatic carbocycles. The van der Waals surface area contributed by atoms with Crippen molar-refractivity contribution >= 4 is 32.9 Å². The first kappa shape index (κ1) is 16.7. The van der Waals surface area contributed by atoms with Gasteiger partial charge in [-0.2, -0.15) is 0 Å². The largest absolute Gasteiger partial charge is 0.289 e. The zero-order chi connectivity index (χ0) is 19.5. The van der Waals surface area contributed by atoms with Gasteiger partial charge in [-0.05, 0) is 93.6 Å². The van der Waals surface area contributed by atoms with Crippen molar-refractivity contribution in [2.75, 3.05) is 0 Å². The summed E-state index contributed by atoms with van der Waals surface area (Å²) in [5.74, 6) is 0.0985. The molecule has 6 rings (SSSR count). The topological polar surface area (TPSA) is 17.1 Å². The van der Waals surface area contributed by atoms with Crippen LogP contribution in [-0.4, -0.2) is 5.78 Å². The van der Waals surface area contributed by atoms with Gasteiger partial charge in [0, 0.05) is 5.56 Å². The molecule has 0 aromatic heterocycles. The SMILES string of the molecule is C/C(=C\C(=O)c1ccc2c3c(cccc13)CC2)c1ccc2c3c(cccc13)CC2. The Kier molecular flexibility index (Phi) is 3.55. The maximum absolute atomic E-state index is 13.3. The van der Waals surface area contributed by atoms with Crippen LogP contribution in [0.3, 0.4) is 0 Å². The van der Waals surface area contributed by atoms with Crippen LogP contribution in [0, 0.1) is 0 Å². The average molecular weight is 374 g/mol. The van der Waals surface area contributed by atoms with Crippen LogP contribution < -0.4 is 0 Å². The molecule has 140 valence electrons. The molecule has 0 N–H and O–H groups in total. The Balaban J connectivity index is 1.48. The van der Waals surface area contributed by atoms with E-state index in [-0.39, 0.29) is 5.78 Å². The fraction of sp³-hybridized carbons (Fsp3) is 0.179. The number of rotatable bonds is 3. The van der Waals surface area contributed by atoms with E-state index in [1.54, 1.807) is 0 Å². The van der Waals surface area contributed by atoms with Crippen molar-refractivity contribution in [2.45, 2.75) is 32.6 Å². The number of hydrogen-bond donors (Lipinski definition) is 0. The van der Waals surface area contributed by atoms with E-state index in [4.69, 9.17) is 0 Å². The summed E-state index contributed by atoms with van der Waals surface area (Å²) in [5, 5.41) is 5.08. The molecule has 0 bridgehead atoms. The summed E-state index contributed by atoms with van der Waals surface area (Å²) in [6.07, 6.45) is 6.24. The maximum atomic E-state index is 13.3. The lowest BCUT2D eigenvalue weighted by Crippen LogP contribution is -1.98. The molecule has 0 amide bonds. The molecule has 1 heteroatoms. The number of benzene rings is 4. The smallest absolute Gasteiger partial charge is 0.186 e. The molecule has 0 radical (unpaired) electrons. The molecular formula is C28H22O. The third-order valence-electron chi connectivity index (χ3n) is 6.79. The number of ketones is 1. The standard InChI is InChI=1S/C28H22O/c1-17(22-14-12-20-10-8-18-4-2-6-24(22)27(18)20)16-26(29)23-15-13-21-11-9-19-5-3-7-25(23)28(19)21/h2-7,12-16H,8-11H2,1H3/b17-16+. The lowest BCUT2D eigenvalue weighted by atomic mass is 9.93. The van der Waals surface area contributed by atoms with Gasteiger partial charge in [0.2, 0.25) is 0 Å². The lowest BCUT2D eigenvalue weighted by molar-refractivity contribution is 0.104. The molecule has 1 nitrogen and oxygen atoms in total. The highest BCUT2D eigenvalue weighted by Gasteiger charge is 2.19. The zero-order valence-corrected chi connectivity index (χ0v) is 16.6. The van der Waals surface area contributed by atoms with Crippen LogP contribution in [0.25, 0.3) is 27.1 Å². The van der Waals surface area contributed by atoms with Crippen LogP contribution in [-0.2, 0) is 25.7 Å². The molecule has 4 aromatic rings. The van der Waals surface area contributed by atoms with Crippen molar-refractivity contribution in [1.82, 2.24) is 0 Å². The minimum Gasteiger partial charge on any atom is -0.289 e. The molecule has 29 heavy (non-hydrogen) atoms. The van der Waals surface area contributed by atoms with Crippen LogP contribution in [0.4, 0.5) is 0 Å². The fourth-order valence-electron chi connectivity index (χ4n) is 5.40. The van der Waals surface area contributed by atoms with Crippen molar-refractivity contribution in [2.24, 2.45) is 0 Å². The molecule has 0 saturated carbocycles. The van der Waals surface area contributed by atoms with Gasteiger partial charge in [-0.15, -0.1) is 0 Å². The van der Waals surface area contributed by atoms with Gasteiger partial charge < -0.3 is 0 Å². The molecule has 0 fully saturated rings. The number of allylic oxidation sites excluding steroid dienone is 2. The van der Waals surface area contributed by atoms with Gasteiger partial charge in [0.1, 0.15) is 0 Å². The van der Waals surface area contributed by atoms with Crippen LogP contribution in [0.5, 0.6) is 0 Å². The Labute approximate surface area is 170 Å². The summed E-state index contributed by atoms with van der Waals surface area (Å²) in [6, 6.07) is 21.6. The van der Waals surface area contributed by atoms with E-state index >= 15 is 0 Å². The van der Waals surface area contributed by atoms with E-state index in [2.05, 4.69) is 61.5 Å². The predicted molar refractivity (Wildman–Crippen MR) is 121 cm³/mol. The molecule has 2 aliphatic rings. The Morgan fingerprint density at radius 3 is 1.72 bits per heavy atom. The number of carbonyl (C=O) groups is 1. The number of hydrogen-bond acceptors (Lipinski definition) is 1. The van der Waals surface area contributed by atoms with Crippen LogP contribution >= 0.6 is 0 Å². The highest BCUT2D eigenvalue weighted by molar-refractivity contribution is 6.17. The first-order valence-electron chi connectivity index (χ1n) is 10.5. The molecule has 0 spiro atoms. The zero-order valence-electron chi connectivity index (χ0n) is 16.6. The molecule has 0 unspecified atom stereocenters. The lowest BCUT2D eigenvalue weighted by Gasteiger charge is -2.10. The predicted octanol–water partition coefficient (Wildman–Crippen LogP) is 6.48. The van der Waals surface area contributed by atoms with Gasteiger partial charge >= 0.3 is 0 Å². The minimum absolute atomic E-state index is 0.0985. The minimum atomic E-state index is 0.0985. The van der Waals surface area contributed by atoms with Gasteiger partial charge in [0.25, 0.3) is 0 Å². The van der Waals surface area contributed by atoms with E-state index in [0.29, 0.717) is 0 Å². The Morgan fingerprint density at radius 2 is 1.14 bits per heavy atom. The first-order chi connectivity index (χ1) is 14.2. The summed E-state index contributed by atoms with van der Waals surface area (Å²) in [7, 11) is 0. The Hall–Kier alpha value is -3.19. The van der Waals surface area contributed by atoms with E-state index in [0.717, 1.165) is 42.2 Å². The van der Waals surface area contributed by atoms with Crippen molar-refractivity contribution in [3.63, 3.8) is 0 Å². The van der Waals surface area contributed by atoms with E-state index < -0.39 is 0 Å². The second kappa shape index (κ2) is 6.15. The van der Waals surface area contributed by atoms with Crippen LogP contribution in [0.15, 0.2) is 66.7 Å². The summed E-state index contributed by atoms with van der Waals surface area (Å²) in [4.78, 5) is 13.3. The summed E-state index contributed by atoms with van der Waals surface area (Å²) >= 11 is 0. The Bertz CT molecular complexity index is 1350.